The van der Waals surface area contributed by atoms with Gasteiger partial charge in [0.2, 0.25) is 0 Å². The minimum Gasteiger partial charge on any atom is -0.504 e. The van der Waals surface area contributed by atoms with Crippen molar-refractivity contribution in [2.75, 3.05) is 6.61 Å². The number of amides is 1. The Labute approximate surface area is 129 Å². The maximum atomic E-state index is 12.1. The molecule has 0 spiro atoms. The Morgan fingerprint density at radius 3 is 2.59 bits per heavy atom. The minimum atomic E-state index is -0.485. The molecular weight excluding hydrogens is 282 g/mol. The molecule has 1 aromatic heterocycles. The minimum absolute atomic E-state index is 0.0102. The Bertz CT molecular complexity index is 679. The van der Waals surface area contributed by atoms with Crippen LogP contribution in [0.25, 0.3) is 0 Å². The summed E-state index contributed by atoms with van der Waals surface area (Å²) in [4.78, 5) is 12.1. The fraction of sp³-hybridized carbons (Fsp3) is 0.375. The maximum absolute atomic E-state index is 12.1. The molecule has 0 fully saturated rings. The smallest absolute Gasteiger partial charge is 0.273 e. The third kappa shape index (κ3) is 3.46. The molecule has 6 heteroatoms. The summed E-state index contributed by atoms with van der Waals surface area (Å²) < 4.78 is 0. The number of carbonyl (C=O) groups excluding carboxylic acids is 1. The highest BCUT2D eigenvalue weighted by Gasteiger charge is 2.19. The van der Waals surface area contributed by atoms with Gasteiger partial charge in [0.15, 0.2) is 11.4 Å². The second-order valence-electron chi connectivity index (χ2n) is 5.51. The Morgan fingerprint density at radius 1 is 1.32 bits per heavy atom. The molecule has 1 aromatic carbocycles. The first-order valence-electron chi connectivity index (χ1n) is 7.14. The Kier molecular flexibility index (Phi) is 4.82. The predicted octanol–water partition coefficient (Wildman–Crippen LogP) is 1.37. The number of aliphatic hydroxyl groups is 1. The fourth-order valence-corrected chi connectivity index (χ4v) is 2.22. The molecule has 0 bridgehead atoms. The Balaban J connectivity index is 2.07. The number of aromatic nitrogens is 2. The molecule has 1 amide bonds. The molecule has 0 aliphatic rings. The lowest BCUT2D eigenvalue weighted by atomic mass is 10.0. The van der Waals surface area contributed by atoms with Crippen molar-refractivity contribution in [3.63, 3.8) is 0 Å². The molecule has 22 heavy (non-hydrogen) atoms. The van der Waals surface area contributed by atoms with Crippen LogP contribution in [-0.4, -0.2) is 39.0 Å². The van der Waals surface area contributed by atoms with E-state index < -0.39 is 11.9 Å². The number of carbonyl (C=O) groups is 1. The molecule has 0 aliphatic carbocycles. The van der Waals surface area contributed by atoms with Crippen LogP contribution in [0, 0.1) is 20.8 Å². The summed E-state index contributed by atoms with van der Waals surface area (Å²) in [5, 5.41) is 28.2. The highest BCUT2D eigenvalue weighted by atomic mass is 16.3. The summed E-state index contributed by atoms with van der Waals surface area (Å²) in [5.41, 5.74) is 3.77. The molecule has 0 saturated carbocycles. The van der Waals surface area contributed by atoms with E-state index in [1.165, 1.54) is 11.1 Å². The van der Waals surface area contributed by atoms with E-state index in [4.69, 9.17) is 0 Å². The maximum Gasteiger partial charge on any atom is 0.273 e. The molecule has 0 aliphatic heterocycles. The highest BCUT2D eigenvalue weighted by molar-refractivity contribution is 5.95. The number of hydrogen-bond acceptors (Lipinski definition) is 4. The van der Waals surface area contributed by atoms with Gasteiger partial charge in [-0.05, 0) is 43.9 Å². The average Bonchev–Trinajstić information content (AvgIpc) is 2.82. The lowest BCUT2D eigenvalue weighted by molar-refractivity contribution is 0.0908. The van der Waals surface area contributed by atoms with Gasteiger partial charge in [0.1, 0.15) is 5.69 Å². The molecule has 0 saturated heterocycles. The van der Waals surface area contributed by atoms with Gasteiger partial charge in [0, 0.05) is 0 Å². The summed E-state index contributed by atoms with van der Waals surface area (Å²) >= 11 is 0. The van der Waals surface area contributed by atoms with E-state index >= 15 is 0 Å². The van der Waals surface area contributed by atoms with E-state index in [0.29, 0.717) is 12.1 Å². The number of aromatic hydroxyl groups is 1. The van der Waals surface area contributed by atoms with Gasteiger partial charge in [-0.25, -0.2) is 0 Å². The van der Waals surface area contributed by atoms with Crippen molar-refractivity contribution in [1.29, 1.82) is 0 Å². The van der Waals surface area contributed by atoms with Crippen LogP contribution in [0.1, 0.15) is 32.9 Å². The number of H-pyrrole nitrogens is 1. The number of rotatable bonds is 5. The lowest BCUT2D eigenvalue weighted by Gasteiger charge is -2.16. The predicted molar refractivity (Wildman–Crippen MR) is 82.9 cm³/mol. The molecule has 1 heterocycles. The number of aryl methyl sites for hydroxylation is 3. The normalized spacial score (nSPS) is 12.2. The molecule has 2 rings (SSSR count). The molecule has 4 N–H and O–H groups in total. The van der Waals surface area contributed by atoms with E-state index in [9.17, 15) is 15.0 Å². The number of nitrogens with zero attached hydrogens (tertiary/aromatic N) is 1. The Hall–Kier alpha value is -2.34. The number of benzene rings is 1. The van der Waals surface area contributed by atoms with Gasteiger partial charge in [-0.1, -0.05) is 18.2 Å². The molecule has 0 radical (unpaired) electrons. The van der Waals surface area contributed by atoms with Crippen molar-refractivity contribution in [3.8, 4) is 5.75 Å². The molecule has 118 valence electrons. The summed E-state index contributed by atoms with van der Waals surface area (Å²) in [7, 11) is 0. The first-order chi connectivity index (χ1) is 10.4. The van der Waals surface area contributed by atoms with Gasteiger partial charge in [0.25, 0.3) is 5.91 Å². The average molecular weight is 303 g/mol. The molecular formula is C16H21N3O3. The first kappa shape index (κ1) is 16.0. The van der Waals surface area contributed by atoms with Crippen LogP contribution in [0.5, 0.6) is 5.75 Å². The van der Waals surface area contributed by atoms with Crippen molar-refractivity contribution in [3.05, 3.63) is 46.3 Å². The van der Waals surface area contributed by atoms with Crippen molar-refractivity contribution in [2.24, 2.45) is 0 Å². The van der Waals surface area contributed by atoms with E-state index in [1.807, 2.05) is 32.0 Å². The second-order valence-corrected chi connectivity index (χ2v) is 5.51. The summed E-state index contributed by atoms with van der Waals surface area (Å²) in [5.74, 6) is -0.652. The van der Waals surface area contributed by atoms with Crippen LogP contribution < -0.4 is 5.32 Å². The van der Waals surface area contributed by atoms with Crippen molar-refractivity contribution in [1.82, 2.24) is 15.5 Å². The third-order valence-electron chi connectivity index (χ3n) is 3.75. The summed E-state index contributed by atoms with van der Waals surface area (Å²) in [6, 6.07) is 5.61. The highest BCUT2D eigenvalue weighted by Crippen LogP contribution is 2.18. The van der Waals surface area contributed by atoms with Crippen molar-refractivity contribution in [2.45, 2.75) is 33.2 Å². The second kappa shape index (κ2) is 6.62. The van der Waals surface area contributed by atoms with Crippen LogP contribution in [0.2, 0.25) is 0 Å². The standard InChI is InChI=1S/C16H21N3O3/c1-9-4-5-12(6-10(9)2)7-13(8-20)17-16(22)14-15(21)11(3)18-19-14/h4-6,13,20-21H,7-8H2,1-3H3,(H,17,22)(H,18,19). The summed E-state index contributed by atoms with van der Waals surface area (Å²) in [6.07, 6.45) is 0.511. The topological polar surface area (TPSA) is 98.2 Å². The van der Waals surface area contributed by atoms with Crippen LogP contribution in [0.3, 0.4) is 0 Å². The molecule has 2 aromatic rings. The molecule has 1 atom stereocenters. The third-order valence-corrected chi connectivity index (χ3v) is 3.75. The zero-order chi connectivity index (χ0) is 16.3. The zero-order valence-corrected chi connectivity index (χ0v) is 13.0. The van der Waals surface area contributed by atoms with Crippen LogP contribution in [0.15, 0.2) is 18.2 Å². The molecule has 1 unspecified atom stereocenters. The monoisotopic (exact) mass is 303 g/mol. The van der Waals surface area contributed by atoms with Gasteiger partial charge in [-0.3, -0.25) is 9.89 Å². The first-order valence-corrected chi connectivity index (χ1v) is 7.14. The zero-order valence-electron chi connectivity index (χ0n) is 13.0. The Morgan fingerprint density at radius 2 is 2.05 bits per heavy atom. The van der Waals surface area contributed by atoms with E-state index in [1.54, 1.807) is 6.92 Å². The number of aromatic amines is 1. The van der Waals surface area contributed by atoms with E-state index in [-0.39, 0.29) is 18.1 Å². The van der Waals surface area contributed by atoms with Gasteiger partial charge >= 0.3 is 0 Å². The largest absolute Gasteiger partial charge is 0.504 e. The van der Waals surface area contributed by atoms with Gasteiger partial charge in [0.05, 0.1) is 12.6 Å². The van der Waals surface area contributed by atoms with Gasteiger partial charge in [-0.15, -0.1) is 0 Å². The van der Waals surface area contributed by atoms with Crippen molar-refractivity contribution < 1.29 is 15.0 Å². The number of hydrogen-bond donors (Lipinski definition) is 4. The van der Waals surface area contributed by atoms with Crippen LogP contribution >= 0.6 is 0 Å². The van der Waals surface area contributed by atoms with Crippen LogP contribution in [0.4, 0.5) is 0 Å². The van der Waals surface area contributed by atoms with Gasteiger partial charge in [-0.2, -0.15) is 5.10 Å². The van der Waals surface area contributed by atoms with Crippen LogP contribution in [-0.2, 0) is 6.42 Å². The summed E-state index contributed by atoms with van der Waals surface area (Å²) in [6.45, 7) is 5.47. The van der Waals surface area contributed by atoms with E-state index in [2.05, 4.69) is 15.5 Å². The van der Waals surface area contributed by atoms with Gasteiger partial charge < -0.3 is 15.5 Å². The lowest BCUT2D eigenvalue weighted by Crippen LogP contribution is -2.39. The fourth-order valence-electron chi connectivity index (χ4n) is 2.22. The SMILES string of the molecule is Cc1ccc(CC(CO)NC(=O)c2[nH]nc(C)c2O)cc1C. The number of aliphatic hydroxyl groups excluding tert-OH is 1. The number of nitrogens with one attached hydrogen (secondary N) is 2. The van der Waals surface area contributed by atoms with E-state index in [0.717, 1.165) is 5.56 Å². The van der Waals surface area contributed by atoms with Crippen molar-refractivity contribution >= 4 is 5.91 Å². The molecule has 6 nitrogen and oxygen atoms in total. The quantitative estimate of drug-likeness (QED) is 0.670.